The van der Waals surface area contributed by atoms with Crippen molar-refractivity contribution in [3.05, 3.63) is 42.5 Å². The fourth-order valence-electron chi connectivity index (χ4n) is 2.97. The summed E-state index contributed by atoms with van der Waals surface area (Å²) in [6.45, 7) is 0.236. The average molecular weight is 324 g/mol. The zero-order valence-corrected chi connectivity index (χ0v) is 13.3. The molecule has 5 heteroatoms. The summed E-state index contributed by atoms with van der Waals surface area (Å²) in [6.07, 6.45) is 0. The van der Waals surface area contributed by atoms with Crippen LogP contribution in [0.2, 0.25) is 0 Å². The second-order valence-electron chi connectivity index (χ2n) is 5.45. The number of rotatable bonds is 3. The van der Waals surface area contributed by atoms with Crippen molar-refractivity contribution in [1.29, 1.82) is 0 Å². The second-order valence-corrected chi connectivity index (χ2v) is 5.45. The smallest absolute Gasteiger partial charge is 0.231 e. The van der Waals surface area contributed by atoms with Gasteiger partial charge in [0, 0.05) is 5.39 Å². The monoisotopic (exact) mass is 324 g/mol. The van der Waals surface area contributed by atoms with E-state index in [4.69, 9.17) is 18.9 Å². The highest BCUT2D eigenvalue weighted by atomic mass is 16.7. The molecule has 1 aliphatic rings. The van der Waals surface area contributed by atoms with Crippen molar-refractivity contribution in [2.45, 2.75) is 0 Å². The molecule has 0 unspecified atom stereocenters. The maximum atomic E-state index is 10.2. The van der Waals surface area contributed by atoms with Crippen LogP contribution < -0.4 is 18.9 Å². The maximum absolute atomic E-state index is 10.2. The number of phenols is 1. The van der Waals surface area contributed by atoms with Crippen molar-refractivity contribution in [2.24, 2.45) is 0 Å². The van der Waals surface area contributed by atoms with E-state index in [-0.39, 0.29) is 12.5 Å². The molecule has 1 aliphatic heterocycles. The Hall–Kier alpha value is -3.08. The van der Waals surface area contributed by atoms with Crippen LogP contribution in [0.25, 0.3) is 21.9 Å². The first-order chi connectivity index (χ1) is 11.7. The van der Waals surface area contributed by atoms with Crippen LogP contribution in [0.1, 0.15) is 0 Å². The minimum absolute atomic E-state index is 0.190. The van der Waals surface area contributed by atoms with Crippen molar-refractivity contribution in [2.75, 3.05) is 21.0 Å². The van der Waals surface area contributed by atoms with E-state index in [1.54, 1.807) is 26.4 Å². The summed E-state index contributed by atoms with van der Waals surface area (Å²) in [6, 6.07) is 13.0. The summed E-state index contributed by atoms with van der Waals surface area (Å²) >= 11 is 0. The minimum Gasteiger partial charge on any atom is -0.507 e. The van der Waals surface area contributed by atoms with E-state index in [9.17, 15) is 5.11 Å². The molecular formula is C19H16O5. The van der Waals surface area contributed by atoms with Crippen LogP contribution >= 0.6 is 0 Å². The normalized spacial score (nSPS) is 12.4. The van der Waals surface area contributed by atoms with Gasteiger partial charge in [0.05, 0.1) is 14.2 Å². The highest BCUT2D eigenvalue weighted by Gasteiger charge is 2.17. The van der Waals surface area contributed by atoms with E-state index in [1.165, 1.54) is 0 Å². The molecule has 122 valence electrons. The summed E-state index contributed by atoms with van der Waals surface area (Å²) in [7, 11) is 3.16. The first kappa shape index (κ1) is 14.5. The number of hydrogen-bond acceptors (Lipinski definition) is 5. The van der Waals surface area contributed by atoms with Gasteiger partial charge in [0.1, 0.15) is 5.75 Å². The van der Waals surface area contributed by atoms with Crippen LogP contribution in [0.15, 0.2) is 42.5 Å². The van der Waals surface area contributed by atoms with Gasteiger partial charge in [-0.3, -0.25) is 0 Å². The van der Waals surface area contributed by atoms with Crippen LogP contribution in [-0.4, -0.2) is 26.1 Å². The zero-order valence-electron chi connectivity index (χ0n) is 13.3. The minimum atomic E-state index is 0.190. The van der Waals surface area contributed by atoms with E-state index in [0.717, 1.165) is 22.3 Å². The number of hydrogen-bond donors (Lipinski definition) is 1. The highest BCUT2D eigenvalue weighted by molar-refractivity contribution is 6.02. The predicted molar refractivity (Wildman–Crippen MR) is 90.3 cm³/mol. The SMILES string of the molecule is COc1cc2c(O)ccc(-c3ccc4c(c3)OCO4)c2cc1OC. The lowest BCUT2D eigenvalue weighted by molar-refractivity contribution is 0.174. The van der Waals surface area contributed by atoms with Gasteiger partial charge in [-0.2, -0.15) is 0 Å². The van der Waals surface area contributed by atoms with Crippen LogP contribution in [0, 0.1) is 0 Å². The molecule has 0 atom stereocenters. The van der Waals surface area contributed by atoms with E-state index >= 15 is 0 Å². The number of aromatic hydroxyl groups is 1. The van der Waals surface area contributed by atoms with Crippen LogP contribution in [0.4, 0.5) is 0 Å². The quantitative estimate of drug-likeness (QED) is 0.790. The van der Waals surface area contributed by atoms with E-state index < -0.39 is 0 Å². The zero-order chi connectivity index (χ0) is 16.7. The van der Waals surface area contributed by atoms with E-state index in [0.29, 0.717) is 22.6 Å². The molecule has 0 aromatic heterocycles. The van der Waals surface area contributed by atoms with Crippen molar-refractivity contribution in [3.63, 3.8) is 0 Å². The number of methoxy groups -OCH3 is 2. The van der Waals surface area contributed by atoms with Crippen molar-refractivity contribution in [3.8, 4) is 39.9 Å². The Morgan fingerprint density at radius 3 is 2.29 bits per heavy atom. The Morgan fingerprint density at radius 1 is 0.833 bits per heavy atom. The molecule has 0 fully saturated rings. The molecule has 0 radical (unpaired) electrons. The van der Waals surface area contributed by atoms with Gasteiger partial charge in [-0.25, -0.2) is 0 Å². The van der Waals surface area contributed by atoms with Gasteiger partial charge in [-0.05, 0) is 46.8 Å². The topological polar surface area (TPSA) is 57.2 Å². The standard InChI is InChI=1S/C19H16O5/c1-21-17-8-13-12(4-5-15(20)14(13)9-18(17)22-2)11-3-6-16-19(7-11)24-10-23-16/h3-9,20H,10H2,1-2H3. The highest BCUT2D eigenvalue weighted by Crippen LogP contribution is 2.43. The Kier molecular flexibility index (Phi) is 3.34. The third kappa shape index (κ3) is 2.17. The maximum Gasteiger partial charge on any atom is 0.231 e. The molecule has 4 rings (SSSR count). The summed E-state index contributed by atoms with van der Waals surface area (Å²) < 4.78 is 21.6. The lowest BCUT2D eigenvalue weighted by Crippen LogP contribution is -1.93. The number of phenolic OH excluding ortho intramolecular Hbond substituents is 1. The molecule has 1 N–H and O–H groups in total. The van der Waals surface area contributed by atoms with Gasteiger partial charge in [-0.1, -0.05) is 12.1 Å². The molecular weight excluding hydrogens is 308 g/mol. The van der Waals surface area contributed by atoms with Gasteiger partial charge in [0.25, 0.3) is 0 Å². The average Bonchev–Trinajstić information content (AvgIpc) is 3.08. The third-order valence-corrected chi connectivity index (χ3v) is 4.18. The summed E-state index contributed by atoms with van der Waals surface area (Å²) in [5.74, 6) is 2.83. The molecule has 3 aromatic rings. The van der Waals surface area contributed by atoms with Crippen molar-refractivity contribution < 1.29 is 24.1 Å². The molecule has 0 spiro atoms. The third-order valence-electron chi connectivity index (χ3n) is 4.18. The van der Waals surface area contributed by atoms with Crippen LogP contribution in [0.3, 0.4) is 0 Å². The Balaban J connectivity index is 1.97. The molecule has 0 amide bonds. The van der Waals surface area contributed by atoms with Gasteiger partial charge in [0.15, 0.2) is 23.0 Å². The summed E-state index contributed by atoms with van der Waals surface area (Å²) in [5.41, 5.74) is 1.93. The molecule has 3 aromatic carbocycles. The number of benzene rings is 3. The molecule has 0 aliphatic carbocycles. The first-order valence-corrected chi connectivity index (χ1v) is 7.49. The second kappa shape index (κ2) is 5.53. The molecule has 0 saturated heterocycles. The summed E-state index contributed by atoms with van der Waals surface area (Å²) in [4.78, 5) is 0. The fraction of sp³-hybridized carbons (Fsp3) is 0.158. The van der Waals surface area contributed by atoms with Gasteiger partial charge in [-0.15, -0.1) is 0 Å². The van der Waals surface area contributed by atoms with Crippen LogP contribution in [0.5, 0.6) is 28.7 Å². The van der Waals surface area contributed by atoms with E-state index in [1.807, 2.05) is 30.3 Å². The molecule has 0 bridgehead atoms. The Morgan fingerprint density at radius 2 is 1.54 bits per heavy atom. The van der Waals surface area contributed by atoms with Gasteiger partial charge >= 0.3 is 0 Å². The first-order valence-electron chi connectivity index (χ1n) is 7.49. The molecule has 5 nitrogen and oxygen atoms in total. The van der Waals surface area contributed by atoms with E-state index in [2.05, 4.69) is 0 Å². The molecule has 1 heterocycles. The number of fused-ring (bicyclic) bond motifs is 2. The number of ether oxygens (including phenoxy) is 4. The Labute approximate surface area is 139 Å². The summed E-state index contributed by atoms with van der Waals surface area (Å²) in [5, 5.41) is 11.8. The molecule has 0 saturated carbocycles. The van der Waals surface area contributed by atoms with Crippen LogP contribution in [-0.2, 0) is 0 Å². The van der Waals surface area contributed by atoms with Crippen molar-refractivity contribution in [1.82, 2.24) is 0 Å². The lowest BCUT2D eigenvalue weighted by atomic mass is 9.97. The predicted octanol–water partition coefficient (Wildman–Crippen LogP) is 3.96. The van der Waals surface area contributed by atoms with Gasteiger partial charge in [0.2, 0.25) is 6.79 Å². The Bertz CT molecular complexity index is 933. The van der Waals surface area contributed by atoms with Crippen molar-refractivity contribution >= 4 is 10.8 Å². The fourth-order valence-corrected chi connectivity index (χ4v) is 2.97. The molecule has 24 heavy (non-hydrogen) atoms. The largest absolute Gasteiger partial charge is 0.507 e. The van der Waals surface area contributed by atoms with Gasteiger partial charge < -0.3 is 24.1 Å². The lowest BCUT2D eigenvalue weighted by Gasteiger charge is -2.13.